The zero-order chi connectivity index (χ0) is 18.9. The summed E-state index contributed by atoms with van der Waals surface area (Å²) >= 11 is 0. The fraction of sp³-hybridized carbons (Fsp3) is 0.550. The highest BCUT2D eigenvalue weighted by Crippen LogP contribution is 2.28. The van der Waals surface area contributed by atoms with Crippen LogP contribution in [0.4, 0.5) is 0 Å². The Morgan fingerprint density at radius 2 is 2.14 bits per heavy atom. The monoisotopic (exact) mass is 498 g/mol. The van der Waals surface area contributed by atoms with E-state index in [9.17, 15) is 0 Å². The molecule has 0 amide bonds. The van der Waals surface area contributed by atoms with Gasteiger partial charge in [-0.3, -0.25) is 4.57 Å². The first-order chi connectivity index (χ1) is 13.3. The Kier molecular flexibility index (Phi) is 9.69. The number of aryl methyl sites for hydroxylation is 1. The molecule has 0 radical (unpaired) electrons. The molecule has 0 aliphatic heterocycles. The standard InChI is InChI=1S/C20H30N6O.HI/c1-3-21-20(23-9-4-12-27-15-17-5-6-17)25-14-18-7-8-19(24-13-18)26-11-10-22-16(26)2;/h7-8,10-11,13,17H,3-6,9,12,14-15H2,1-2H3,(H2,21,23,25);1H. The maximum absolute atomic E-state index is 5.66. The van der Waals surface area contributed by atoms with Crippen molar-refractivity contribution in [2.24, 2.45) is 10.9 Å². The van der Waals surface area contributed by atoms with Crippen LogP contribution in [0, 0.1) is 12.8 Å². The molecule has 1 aliphatic rings. The highest BCUT2D eigenvalue weighted by Gasteiger charge is 2.20. The van der Waals surface area contributed by atoms with Crippen molar-refractivity contribution in [2.75, 3.05) is 26.3 Å². The van der Waals surface area contributed by atoms with Gasteiger partial charge in [0.15, 0.2) is 5.96 Å². The lowest BCUT2D eigenvalue weighted by molar-refractivity contribution is 0.123. The first-order valence-corrected chi connectivity index (χ1v) is 9.81. The Bertz CT molecular complexity index is 727. The van der Waals surface area contributed by atoms with Crippen molar-refractivity contribution in [1.29, 1.82) is 0 Å². The normalized spacial score (nSPS) is 13.9. The summed E-state index contributed by atoms with van der Waals surface area (Å²) < 4.78 is 7.63. The number of hydrogen-bond donors (Lipinski definition) is 2. The molecule has 0 atom stereocenters. The molecule has 2 heterocycles. The van der Waals surface area contributed by atoms with E-state index in [-0.39, 0.29) is 24.0 Å². The largest absolute Gasteiger partial charge is 0.381 e. The van der Waals surface area contributed by atoms with Crippen LogP contribution in [-0.4, -0.2) is 46.8 Å². The smallest absolute Gasteiger partial charge is 0.191 e. The predicted molar refractivity (Wildman–Crippen MR) is 122 cm³/mol. The van der Waals surface area contributed by atoms with E-state index in [1.54, 1.807) is 6.20 Å². The van der Waals surface area contributed by atoms with Crippen molar-refractivity contribution in [3.05, 3.63) is 42.1 Å². The summed E-state index contributed by atoms with van der Waals surface area (Å²) in [6.07, 6.45) is 9.23. The number of ether oxygens (including phenoxy) is 1. The summed E-state index contributed by atoms with van der Waals surface area (Å²) in [5, 5.41) is 6.64. The lowest BCUT2D eigenvalue weighted by atomic mass is 10.3. The van der Waals surface area contributed by atoms with Crippen molar-refractivity contribution < 1.29 is 4.74 Å². The van der Waals surface area contributed by atoms with Crippen LogP contribution in [0.2, 0.25) is 0 Å². The maximum Gasteiger partial charge on any atom is 0.191 e. The van der Waals surface area contributed by atoms with Gasteiger partial charge in [-0.15, -0.1) is 24.0 Å². The Labute approximate surface area is 184 Å². The number of nitrogens with one attached hydrogen (secondary N) is 2. The molecule has 1 aliphatic carbocycles. The first kappa shape index (κ1) is 22.6. The van der Waals surface area contributed by atoms with Crippen LogP contribution in [0.5, 0.6) is 0 Å². The van der Waals surface area contributed by atoms with Crippen LogP contribution in [0.15, 0.2) is 35.7 Å². The fourth-order valence-corrected chi connectivity index (χ4v) is 2.70. The molecule has 2 N–H and O–H groups in total. The van der Waals surface area contributed by atoms with E-state index in [0.717, 1.165) is 61.8 Å². The Morgan fingerprint density at radius 1 is 1.29 bits per heavy atom. The highest BCUT2D eigenvalue weighted by molar-refractivity contribution is 14.0. The molecule has 3 rings (SSSR count). The number of guanidine groups is 1. The molecule has 0 bridgehead atoms. The third-order valence-corrected chi connectivity index (χ3v) is 4.45. The second kappa shape index (κ2) is 12.0. The summed E-state index contributed by atoms with van der Waals surface area (Å²) in [5.41, 5.74) is 1.07. The van der Waals surface area contributed by atoms with Crippen LogP contribution < -0.4 is 10.6 Å². The zero-order valence-electron chi connectivity index (χ0n) is 16.7. The number of aliphatic imine (C=N–C) groups is 1. The number of aromatic nitrogens is 3. The van der Waals surface area contributed by atoms with Crippen molar-refractivity contribution in [1.82, 2.24) is 25.2 Å². The van der Waals surface area contributed by atoms with Gasteiger partial charge < -0.3 is 15.4 Å². The number of hydrogen-bond acceptors (Lipinski definition) is 4. The number of pyridine rings is 1. The number of halogens is 1. The number of imidazole rings is 1. The van der Waals surface area contributed by atoms with Crippen LogP contribution >= 0.6 is 24.0 Å². The van der Waals surface area contributed by atoms with Gasteiger partial charge in [-0.05, 0) is 50.7 Å². The van der Waals surface area contributed by atoms with Gasteiger partial charge in [0.1, 0.15) is 11.6 Å². The summed E-state index contributed by atoms with van der Waals surface area (Å²) in [6.45, 7) is 8.04. The average molecular weight is 498 g/mol. The molecule has 0 spiro atoms. The SMILES string of the molecule is CCNC(=NCc1ccc(-n2ccnc2C)nc1)NCCCOCC1CC1.I. The molecule has 28 heavy (non-hydrogen) atoms. The molecular formula is C20H31IN6O. The zero-order valence-corrected chi connectivity index (χ0v) is 19.1. The van der Waals surface area contributed by atoms with Crippen LogP contribution in [0.3, 0.4) is 0 Å². The van der Waals surface area contributed by atoms with E-state index in [1.165, 1.54) is 12.8 Å². The maximum atomic E-state index is 5.66. The first-order valence-electron chi connectivity index (χ1n) is 9.81. The summed E-state index contributed by atoms with van der Waals surface area (Å²) in [5.74, 6) is 3.45. The molecule has 154 valence electrons. The van der Waals surface area contributed by atoms with Gasteiger partial charge in [-0.1, -0.05) is 6.07 Å². The minimum Gasteiger partial charge on any atom is -0.381 e. The molecular weight excluding hydrogens is 467 g/mol. The Hall–Kier alpha value is -1.68. The van der Waals surface area contributed by atoms with Crippen LogP contribution in [-0.2, 0) is 11.3 Å². The van der Waals surface area contributed by atoms with E-state index >= 15 is 0 Å². The van der Waals surface area contributed by atoms with E-state index in [2.05, 4.69) is 38.6 Å². The summed E-state index contributed by atoms with van der Waals surface area (Å²) in [4.78, 5) is 13.4. The van der Waals surface area contributed by atoms with E-state index in [1.807, 2.05) is 30.0 Å². The Morgan fingerprint density at radius 3 is 2.79 bits per heavy atom. The van der Waals surface area contributed by atoms with E-state index in [0.29, 0.717) is 6.54 Å². The molecule has 8 heteroatoms. The van der Waals surface area contributed by atoms with Gasteiger partial charge in [0.2, 0.25) is 0 Å². The highest BCUT2D eigenvalue weighted by atomic mass is 127. The second-order valence-electron chi connectivity index (χ2n) is 6.86. The molecule has 1 saturated carbocycles. The van der Waals surface area contributed by atoms with Gasteiger partial charge in [-0.2, -0.15) is 0 Å². The minimum absolute atomic E-state index is 0. The molecule has 7 nitrogen and oxygen atoms in total. The topological polar surface area (TPSA) is 76.4 Å². The van der Waals surface area contributed by atoms with Crippen LogP contribution in [0.25, 0.3) is 5.82 Å². The lowest BCUT2D eigenvalue weighted by Gasteiger charge is -2.11. The Balaban J connectivity index is 0.00000280. The second-order valence-corrected chi connectivity index (χ2v) is 6.86. The summed E-state index contributed by atoms with van der Waals surface area (Å²) in [6, 6.07) is 4.05. The lowest BCUT2D eigenvalue weighted by Crippen LogP contribution is -2.38. The number of nitrogens with zero attached hydrogens (tertiary/aromatic N) is 4. The van der Waals surface area contributed by atoms with Crippen LogP contribution in [0.1, 0.15) is 37.6 Å². The van der Waals surface area contributed by atoms with E-state index in [4.69, 9.17) is 4.74 Å². The van der Waals surface area contributed by atoms with Crippen molar-refractivity contribution in [3.8, 4) is 5.82 Å². The third-order valence-electron chi connectivity index (χ3n) is 4.45. The molecule has 2 aromatic heterocycles. The third kappa shape index (κ3) is 7.38. The molecule has 2 aromatic rings. The van der Waals surface area contributed by atoms with Gasteiger partial charge in [0, 0.05) is 44.9 Å². The molecule has 1 fully saturated rings. The van der Waals surface area contributed by atoms with Gasteiger partial charge in [-0.25, -0.2) is 15.0 Å². The minimum atomic E-state index is 0. The predicted octanol–water partition coefficient (Wildman–Crippen LogP) is 3.07. The number of rotatable bonds is 10. The van der Waals surface area contributed by atoms with Gasteiger partial charge in [0.05, 0.1) is 6.54 Å². The van der Waals surface area contributed by atoms with E-state index < -0.39 is 0 Å². The fourth-order valence-electron chi connectivity index (χ4n) is 2.70. The van der Waals surface area contributed by atoms with Gasteiger partial charge in [0.25, 0.3) is 0 Å². The average Bonchev–Trinajstić information content (AvgIpc) is 3.41. The quantitative estimate of drug-likeness (QED) is 0.228. The summed E-state index contributed by atoms with van der Waals surface area (Å²) in [7, 11) is 0. The molecule has 0 aromatic carbocycles. The van der Waals surface area contributed by atoms with Crippen molar-refractivity contribution in [2.45, 2.75) is 39.7 Å². The van der Waals surface area contributed by atoms with Gasteiger partial charge >= 0.3 is 0 Å². The van der Waals surface area contributed by atoms with Crippen molar-refractivity contribution >= 4 is 29.9 Å². The van der Waals surface area contributed by atoms with Crippen molar-refractivity contribution in [3.63, 3.8) is 0 Å². The molecule has 0 unspecified atom stereocenters. The molecule has 0 saturated heterocycles.